The number of aliphatic hydroxyl groups excluding tert-OH is 1. The van der Waals surface area contributed by atoms with Gasteiger partial charge in [0.1, 0.15) is 0 Å². The van der Waals surface area contributed by atoms with Gasteiger partial charge >= 0.3 is 5.97 Å². The fraction of sp³-hybridized carbons (Fsp3) is 0.839. The highest BCUT2D eigenvalue weighted by Crippen LogP contribution is 2.73. The van der Waals surface area contributed by atoms with Crippen LogP contribution in [0.2, 0.25) is 0 Å². The first-order valence-corrected chi connectivity index (χ1v) is 13.9. The second kappa shape index (κ2) is 8.79. The SMILES string of the molecule is COC(=O)C(CCC=C(C)C)[C@H]1CC[C@@]2(C)C3CC[C@H]4C(C)(C)[C@@H](O)CC[C@]4(C)C3=CC[C@]12C. The highest BCUT2D eigenvalue weighted by Gasteiger charge is 2.66. The van der Waals surface area contributed by atoms with E-state index in [0.717, 1.165) is 38.5 Å². The molecule has 3 saturated carbocycles. The average molecular weight is 471 g/mol. The van der Waals surface area contributed by atoms with Crippen molar-refractivity contribution in [1.82, 2.24) is 0 Å². The van der Waals surface area contributed by atoms with Gasteiger partial charge in [-0.3, -0.25) is 4.79 Å². The van der Waals surface area contributed by atoms with Crippen LogP contribution in [0.5, 0.6) is 0 Å². The second-order valence-electron chi connectivity index (χ2n) is 13.8. The lowest BCUT2D eigenvalue weighted by Crippen LogP contribution is -2.57. The smallest absolute Gasteiger partial charge is 0.308 e. The molecule has 8 atom stereocenters. The Labute approximate surface area is 208 Å². The van der Waals surface area contributed by atoms with E-state index in [9.17, 15) is 9.90 Å². The molecule has 4 rings (SSSR count). The largest absolute Gasteiger partial charge is 0.469 e. The van der Waals surface area contributed by atoms with Crippen LogP contribution >= 0.6 is 0 Å². The van der Waals surface area contributed by atoms with Crippen molar-refractivity contribution in [3.8, 4) is 0 Å². The predicted molar refractivity (Wildman–Crippen MR) is 139 cm³/mol. The molecule has 3 nitrogen and oxygen atoms in total. The number of methoxy groups -OCH3 is 1. The van der Waals surface area contributed by atoms with Crippen molar-refractivity contribution in [1.29, 1.82) is 0 Å². The molecule has 0 aromatic rings. The van der Waals surface area contributed by atoms with Crippen molar-refractivity contribution in [2.45, 2.75) is 112 Å². The van der Waals surface area contributed by atoms with Gasteiger partial charge in [-0.05, 0) is 111 Å². The van der Waals surface area contributed by atoms with Gasteiger partial charge in [0.05, 0.1) is 19.1 Å². The van der Waals surface area contributed by atoms with Crippen LogP contribution in [0.3, 0.4) is 0 Å². The minimum absolute atomic E-state index is 0.00825. The van der Waals surface area contributed by atoms with Crippen LogP contribution in [0.4, 0.5) is 0 Å². The maximum Gasteiger partial charge on any atom is 0.308 e. The van der Waals surface area contributed by atoms with Gasteiger partial charge in [0.15, 0.2) is 0 Å². The molecule has 0 aliphatic heterocycles. The van der Waals surface area contributed by atoms with Gasteiger partial charge in [0, 0.05) is 0 Å². The maximum absolute atomic E-state index is 13.0. The lowest BCUT2D eigenvalue weighted by atomic mass is 9.41. The summed E-state index contributed by atoms with van der Waals surface area (Å²) < 4.78 is 5.37. The van der Waals surface area contributed by atoms with Gasteiger partial charge in [-0.15, -0.1) is 0 Å². The summed E-state index contributed by atoms with van der Waals surface area (Å²) in [5, 5.41) is 10.8. The van der Waals surface area contributed by atoms with Crippen molar-refractivity contribution < 1.29 is 14.6 Å². The molecule has 4 aliphatic rings. The molecular weight excluding hydrogens is 420 g/mol. The summed E-state index contributed by atoms with van der Waals surface area (Å²) >= 11 is 0. The predicted octanol–water partition coefficient (Wildman–Crippen LogP) is 7.49. The molecule has 0 radical (unpaired) electrons. The molecule has 0 heterocycles. The Morgan fingerprint density at radius 1 is 1.09 bits per heavy atom. The minimum Gasteiger partial charge on any atom is -0.469 e. The number of hydrogen-bond acceptors (Lipinski definition) is 3. The van der Waals surface area contributed by atoms with Crippen LogP contribution in [0.1, 0.15) is 106 Å². The molecule has 0 aromatic carbocycles. The van der Waals surface area contributed by atoms with Gasteiger partial charge in [-0.2, -0.15) is 0 Å². The van der Waals surface area contributed by atoms with Crippen molar-refractivity contribution in [2.24, 2.45) is 45.3 Å². The first kappa shape index (κ1) is 26.0. The number of carbonyl (C=O) groups is 1. The maximum atomic E-state index is 13.0. The minimum atomic E-state index is -0.190. The molecule has 0 amide bonds. The van der Waals surface area contributed by atoms with Crippen molar-refractivity contribution in [2.75, 3.05) is 7.11 Å². The third-order valence-corrected chi connectivity index (χ3v) is 11.9. The molecule has 1 N–H and O–H groups in total. The Morgan fingerprint density at radius 3 is 2.44 bits per heavy atom. The van der Waals surface area contributed by atoms with E-state index < -0.39 is 0 Å². The number of rotatable bonds is 5. The lowest BCUT2D eigenvalue weighted by molar-refractivity contribution is -0.152. The summed E-state index contributed by atoms with van der Waals surface area (Å²) in [4.78, 5) is 13.0. The summed E-state index contributed by atoms with van der Waals surface area (Å²) in [5.74, 6) is 1.50. The summed E-state index contributed by atoms with van der Waals surface area (Å²) in [6.45, 7) is 16.4. The van der Waals surface area contributed by atoms with Gasteiger partial charge in [0.25, 0.3) is 0 Å². The molecule has 0 aromatic heterocycles. The number of esters is 1. The third kappa shape index (κ3) is 3.66. The van der Waals surface area contributed by atoms with E-state index >= 15 is 0 Å². The van der Waals surface area contributed by atoms with Crippen LogP contribution in [-0.4, -0.2) is 24.3 Å². The normalized spacial score (nSPS) is 43.6. The highest BCUT2D eigenvalue weighted by molar-refractivity contribution is 5.73. The van der Waals surface area contributed by atoms with E-state index in [1.807, 2.05) is 0 Å². The highest BCUT2D eigenvalue weighted by atomic mass is 16.5. The summed E-state index contributed by atoms with van der Waals surface area (Å²) in [7, 11) is 1.56. The first-order chi connectivity index (χ1) is 15.8. The molecule has 3 heteroatoms. The van der Waals surface area contributed by atoms with E-state index in [0.29, 0.717) is 17.8 Å². The third-order valence-electron chi connectivity index (χ3n) is 11.9. The molecule has 0 bridgehead atoms. The number of hydrogen-bond donors (Lipinski definition) is 1. The zero-order valence-corrected chi connectivity index (χ0v) is 23.2. The topological polar surface area (TPSA) is 46.5 Å². The average Bonchev–Trinajstić information content (AvgIpc) is 3.05. The van der Waals surface area contributed by atoms with E-state index in [1.54, 1.807) is 12.7 Å². The number of carbonyl (C=O) groups excluding carboxylic acids is 1. The molecule has 0 spiro atoms. The van der Waals surface area contributed by atoms with E-state index in [2.05, 4.69) is 60.6 Å². The summed E-state index contributed by atoms with van der Waals surface area (Å²) in [6, 6.07) is 0. The van der Waals surface area contributed by atoms with Crippen LogP contribution in [0, 0.1) is 45.3 Å². The van der Waals surface area contributed by atoms with E-state index in [-0.39, 0.29) is 39.7 Å². The van der Waals surface area contributed by atoms with Gasteiger partial charge in [-0.25, -0.2) is 0 Å². The molecule has 192 valence electrons. The van der Waals surface area contributed by atoms with Gasteiger partial charge in [0.2, 0.25) is 0 Å². The van der Waals surface area contributed by atoms with Crippen LogP contribution < -0.4 is 0 Å². The Hall–Kier alpha value is -1.09. The molecule has 34 heavy (non-hydrogen) atoms. The monoisotopic (exact) mass is 470 g/mol. The fourth-order valence-corrected chi connectivity index (χ4v) is 9.59. The standard InChI is InChI=1S/C31H50O3/c1-20(2)10-9-11-21(27(33)34-8)22-14-18-31(7)24-12-13-25-28(3,4)26(32)16-17-29(25,5)23(24)15-19-30(22,31)6/h10,15,21-22,24-26,32H,9,11-14,16-19H2,1-8H3/t21?,22-,24?,25+,26+,29-,30-,31+/m1/s1. The Balaban J connectivity index is 1.68. The van der Waals surface area contributed by atoms with Gasteiger partial charge < -0.3 is 9.84 Å². The lowest BCUT2D eigenvalue weighted by Gasteiger charge is -2.64. The molecule has 0 saturated heterocycles. The molecule has 2 unspecified atom stereocenters. The summed E-state index contributed by atoms with van der Waals surface area (Å²) in [6.07, 6.45) is 14.4. The molecular formula is C31H50O3. The molecule has 4 aliphatic carbocycles. The Bertz CT molecular complexity index is 864. The fourth-order valence-electron chi connectivity index (χ4n) is 9.59. The number of aliphatic hydroxyl groups is 1. The zero-order chi connectivity index (χ0) is 25.1. The summed E-state index contributed by atoms with van der Waals surface area (Å²) in [5.41, 5.74) is 3.53. The Kier molecular flexibility index (Phi) is 6.71. The quantitative estimate of drug-likeness (QED) is 0.334. The number of ether oxygens (including phenoxy) is 1. The zero-order valence-electron chi connectivity index (χ0n) is 23.2. The van der Waals surface area contributed by atoms with Crippen LogP contribution in [0.25, 0.3) is 0 Å². The molecule has 3 fully saturated rings. The van der Waals surface area contributed by atoms with Gasteiger partial charge in [-0.1, -0.05) is 57.9 Å². The van der Waals surface area contributed by atoms with Crippen molar-refractivity contribution in [3.05, 3.63) is 23.3 Å². The first-order valence-electron chi connectivity index (χ1n) is 13.9. The number of fused-ring (bicyclic) bond motifs is 5. The van der Waals surface area contributed by atoms with E-state index in [1.165, 1.54) is 24.8 Å². The second-order valence-corrected chi connectivity index (χ2v) is 13.8. The van der Waals surface area contributed by atoms with Crippen LogP contribution in [0.15, 0.2) is 23.3 Å². The van der Waals surface area contributed by atoms with Crippen molar-refractivity contribution >= 4 is 5.97 Å². The van der Waals surface area contributed by atoms with Crippen LogP contribution in [-0.2, 0) is 9.53 Å². The van der Waals surface area contributed by atoms with Crippen molar-refractivity contribution in [3.63, 3.8) is 0 Å². The number of allylic oxidation sites excluding steroid dienone is 4. The Morgan fingerprint density at radius 2 is 1.79 bits per heavy atom. The van der Waals surface area contributed by atoms with E-state index in [4.69, 9.17) is 4.74 Å².